The molecule has 1 rings (SSSR count). The van der Waals surface area contributed by atoms with E-state index in [1.165, 1.54) is 12.1 Å². The standard InChI is InChI=1S/C14H19F2NO2/c1-9(2)6-12(14(18)19)17-8-10-4-3-5-11(7-10)13(15)16/h3-5,7,9,12-13,17H,6,8H2,1-2H3,(H,18,19). The van der Waals surface area contributed by atoms with Gasteiger partial charge in [0, 0.05) is 12.1 Å². The number of rotatable bonds is 7. The summed E-state index contributed by atoms with van der Waals surface area (Å²) in [7, 11) is 0. The predicted molar refractivity (Wildman–Crippen MR) is 69.1 cm³/mol. The fraction of sp³-hybridized carbons (Fsp3) is 0.500. The Morgan fingerprint density at radius 1 is 1.37 bits per heavy atom. The van der Waals surface area contributed by atoms with Crippen LogP contribution in [0.15, 0.2) is 24.3 Å². The van der Waals surface area contributed by atoms with Crippen LogP contribution in [0, 0.1) is 5.92 Å². The lowest BCUT2D eigenvalue weighted by atomic mass is 10.0. The number of nitrogens with one attached hydrogen (secondary N) is 1. The first-order valence-electron chi connectivity index (χ1n) is 6.23. The molecule has 0 aliphatic rings. The zero-order valence-corrected chi connectivity index (χ0v) is 11.1. The molecule has 0 bridgehead atoms. The summed E-state index contributed by atoms with van der Waals surface area (Å²) in [5.41, 5.74) is 0.614. The Bertz CT molecular complexity index is 422. The molecular formula is C14H19F2NO2. The van der Waals surface area contributed by atoms with Gasteiger partial charge in [-0.15, -0.1) is 0 Å². The van der Waals surface area contributed by atoms with E-state index in [1.807, 2.05) is 13.8 Å². The number of alkyl halides is 2. The predicted octanol–water partition coefficient (Wildman–Crippen LogP) is 3.21. The molecule has 2 N–H and O–H groups in total. The normalized spacial score (nSPS) is 12.9. The lowest BCUT2D eigenvalue weighted by molar-refractivity contribution is -0.140. The van der Waals surface area contributed by atoms with Crippen molar-refractivity contribution in [1.82, 2.24) is 5.32 Å². The minimum atomic E-state index is -2.51. The summed E-state index contributed by atoms with van der Waals surface area (Å²) in [6.45, 7) is 4.15. The van der Waals surface area contributed by atoms with E-state index in [-0.39, 0.29) is 18.0 Å². The van der Waals surface area contributed by atoms with Crippen LogP contribution in [0.25, 0.3) is 0 Å². The monoisotopic (exact) mass is 271 g/mol. The van der Waals surface area contributed by atoms with Crippen molar-refractivity contribution in [3.8, 4) is 0 Å². The van der Waals surface area contributed by atoms with Gasteiger partial charge in [-0.1, -0.05) is 32.0 Å². The second-order valence-electron chi connectivity index (χ2n) is 4.95. The Morgan fingerprint density at radius 3 is 2.58 bits per heavy atom. The van der Waals surface area contributed by atoms with Crippen LogP contribution < -0.4 is 5.32 Å². The van der Waals surface area contributed by atoms with Gasteiger partial charge in [0.1, 0.15) is 6.04 Å². The highest BCUT2D eigenvalue weighted by Gasteiger charge is 2.18. The van der Waals surface area contributed by atoms with Gasteiger partial charge in [-0.2, -0.15) is 0 Å². The molecule has 0 fully saturated rings. The average molecular weight is 271 g/mol. The Labute approximate surface area is 111 Å². The molecule has 1 unspecified atom stereocenters. The highest BCUT2D eigenvalue weighted by Crippen LogP contribution is 2.19. The first-order chi connectivity index (χ1) is 8.90. The van der Waals surface area contributed by atoms with E-state index in [1.54, 1.807) is 12.1 Å². The third-order valence-corrected chi connectivity index (χ3v) is 2.76. The zero-order valence-electron chi connectivity index (χ0n) is 11.1. The molecule has 1 aromatic carbocycles. The minimum Gasteiger partial charge on any atom is -0.480 e. The topological polar surface area (TPSA) is 49.3 Å². The van der Waals surface area contributed by atoms with Crippen LogP contribution in [0.2, 0.25) is 0 Å². The number of benzene rings is 1. The van der Waals surface area contributed by atoms with Crippen molar-refractivity contribution in [2.45, 2.75) is 39.3 Å². The molecule has 19 heavy (non-hydrogen) atoms. The third-order valence-electron chi connectivity index (χ3n) is 2.76. The van der Waals surface area contributed by atoms with Crippen LogP contribution in [0.1, 0.15) is 37.8 Å². The second-order valence-corrected chi connectivity index (χ2v) is 4.95. The lowest BCUT2D eigenvalue weighted by Crippen LogP contribution is -2.37. The molecular weight excluding hydrogens is 252 g/mol. The number of hydrogen-bond acceptors (Lipinski definition) is 2. The lowest BCUT2D eigenvalue weighted by Gasteiger charge is -2.16. The Kier molecular flexibility index (Phi) is 5.89. The van der Waals surface area contributed by atoms with Crippen molar-refractivity contribution in [2.24, 2.45) is 5.92 Å². The molecule has 1 atom stereocenters. The minimum absolute atomic E-state index is 0.0463. The summed E-state index contributed by atoms with van der Waals surface area (Å²) < 4.78 is 25.1. The third kappa shape index (κ3) is 5.34. The van der Waals surface area contributed by atoms with Crippen molar-refractivity contribution >= 4 is 5.97 Å². The highest BCUT2D eigenvalue weighted by molar-refractivity contribution is 5.73. The largest absolute Gasteiger partial charge is 0.480 e. The van der Waals surface area contributed by atoms with Gasteiger partial charge in [0.2, 0.25) is 0 Å². The molecule has 0 radical (unpaired) electrons. The van der Waals surface area contributed by atoms with Crippen molar-refractivity contribution < 1.29 is 18.7 Å². The number of hydrogen-bond donors (Lipinski definition) is 2. The number of carboxylic acids is 1. The maximum absolute atomic E-state index is 12.5. The van der Waals surface area contributed by atoms with Gasteiger partial charge in [0.05, 0.1) is 0 Å². The number of carbonyl (C=O) groups is 1. The Hall–Kier alpha value is -1.49. The van der Waals surface area contributed by atoms with Crippen molar-refractivity contribution in [3.05, 3.63) is 35.4 Å². The quantitative estimate of drug-likeness (QED) is 0.800. The van der Waals surface area contributed by atoms with E-state index in [4.69, 9.17) is 5.11 Å². The van der Waals surface area contributed by atoms with Gasteiger partial charge in [-0.05, 0) is 24.0 Å². The van der Waals surface area contributed by atoms with E-state index in [2.05, 4.69) is 5.32 Å². The summed E-state index contributed by atoms with van der Waals surface area (Å²) >= 11 is 0. The molecule has 5 heteroatoms. The first kappa shape index (κ1) is 15.6. The van der Waals surface area contributed by atoms with Crippen LogP contribution in [0.3, 0.4) is 0 Å². The molecule has 0 heterocycles. The zero-order chi connectivity index (χ0) is 14.4. The molecule has 0 amide bonds. The molecule has 0 aliphatic heterocycles. The number of halogens is 2. The van der Waals surface area contributed by atoms with Gasteiger partial charge >= 0.3 is 5.97 Å². The molecule has 0 aliphatic carbocycles. The molecule has 0 saturated carbocycles. The van der Waals surface area contributed by atoms with Crippen molar-refractivity contribution in [3.63, 3.8) is 0 Å². The molecule has 106 valence electrons. The SMILES string of the molecule is CC(C)CC(NCc1cccc(C(F)F)c1)C(=O)O. The molecule has 1 aromatic rings. The van der Waals surface area contributed by atoms with Gasteiger partial charge in [0.15, 0.2) is 0 Å². The van der Waals surface area contributed by atoms with E-state index in [0.717, 1.165) is 0 Å². The summed E-state index contributed by atoms with van der Waals surface area (Å²) in [5, 5.41) is 11.9. The summed E-state index contributed by atoms with van der Waals surface area (Å²) in [6, 6.07) is 5.35. The maximum Gasteiger partial charge on any atom is 0.320 e. The van der Waals surface area contributed by atoms with E-state index < -0.39 is 18.4 Å². The van der Waals surface area contributed by atoms with E-state index in [9.17, 15) is 13.6 Å². The number of aliphatic carboxylic acids is 1. The van der Waals surface area contributed by atoms with Crippen LogP contribution in [0.5, 0.6) is 0 Å². The van der Waals surface area contributed by atoms with Gasteiger partial charge in [-0.25, -0.2) is 8.78 Å². The fourth-order valence-electron chi connectivity index (χ4n) is 1.82. The fourth-order valence-corrected chi connectivity index (χ4v) is 1.82. The molecule has 0 aromatic heterocycles. The summed E-state index contributed by atoms with van der Waals surface area (Å²) in [5.74, 6) is -0.667. The smallest absolute Gasteiger partial charge is 0.320 e. The Balaban J connectivity index is 2.63. The van der Waals surface area contributed by atoms with Gasteiger partial charge in [0.25, 0.3) is 6.43 Å². The first-order valence-corrected chi connectivity index (χ1v) is 6.23. The maximum atomic E-state index is 12.5. The second kappa shape index (κ2) is 7.19. The van der Waals surface area contributed by atoms with Gasteiger partial charge < -0.3 is 10.4 Å². The summed E-state index contributed by atoms with van der Waals surface area (Å²) in [4.78, 5) is 11.0. The average Bonchev–Trinajstić information content (AvgIpc) is 2.34. The molecule has 0 spiro atoms. The summed E-state index contributed by atoms with van der Waals surface area (Å²) in [6.07, 6.45) is -2.00. The van der Waals surface area contributed by atoms with E-state index in [0.29, 0.717) is 12.0 Å². The highest BCUT2D eigenvalue weighted by atomic mass is 19.3. The van der Waals surface area contributed by atoms with Crippen molar-refractivity contribution in [2.75, 3.05) is 0 Å². The Morgan fingerprint density at radius 2 is 2.05 bits per heavy atom. The van der Waals surface area contributed by atoms with Crippen LogP contribution in [-0.2, 0) is 11.3 Å². The number of carboxylic acid groups (broad SMARTS) is 1. The van der Waals surface area contributed by atoms with E-state index >= 15 is 0 Å². The van der Waals surface area contributed by atoms with Gasteiger partial charge in [-0.3, -0.25) is 4.79 Å². The van der Waals surface area contributed by atoms with Crippen LogP contribution >= 0.6 is 0 Å². The molecule has 3 nitrogen and oxygen atoms in total. The van der Waals surface area contributed by atoms with Crippen molar-refractivity contribution in [1.29, 1.82) is 0 Å². The van der Waals surface area contributed by atoms with Crippen LogP contribution in [-0.4, -0.2) is 17.1 Å². The molecule has 0 saturated heterocycles. The van der Waals surface area contributed by atoms with Crippen LogP contribution in [0.4, 0.5) is 8.78 Å².